The van der Waals surface area contributed by atoms with Crippen molar-refractivity contribution in [2.45, 2.75) is 31.2 Å². The van der Waals surface area contributed by atoms with Crippen LogP contribution >= 0.6 is 0 Å². The molecule has 68 valence electrons. The molecule has 1 saturated carbocycles. The molecule has 1 fully saturated rings. The zero-order valence-corrected chi connectivity index (χ0v) is 7.18. The maximum absolute atomic E-state index is 10.2. The van der Waals surface area contributed by atoms with Crippen molar-refractivity contribution in [1.82, 2.24) is 5.32 Å². The third-order valence-corrected chi connectivity index (χ3v) is 2.45. The molecule has 0 saturated heterocycles. The van der Waals surface area contributed by atoms with E-state index in [1.807, 2.05) is 6.08 Å². The van der Waals surface area contributed by atoms with Crippen molar-refractivity contribution in [2.24, 2.45) is 0 Å². The van der Waals surface area contributed by atoms with Crippen molar-refractivity contribution < 1.29 is 9.90 Å². The summed E-state index contributed by atoms with van der Waals surface area (Å²) in [7, 11) is 0. The van der Waals surface area contributed by atoms with Gasteiger partial charge in [0.15, 0.2) is 0 Å². The molecule has 0 unspecified atom stereocenters. The topological polar surface area (TPSA) is 49.3 Å². The lowest BCUT2D eigenvalue weighted by molar-refractivity contribution is -0.136. The molecular weight excluding hydrogens is 154 g/mol. The van der Waals surface area contributed by atoms with Gasteiger partial charge in [0.2, 0.25) is 0 Å². The van der Waals surface area contributed by atoms with Gasteiger partial charge in [-0.3, -0.25) is 4.79 Å². The number of carboxylic acid groups (broad SMARTS) is 1. The first-order valence-corrected chi connectivity index (χ1v) is 4.29. The molecule has 1 aliphatic carbocycles. The Morgan fingerprint density at radius 2 is 2.33 bits per heavy atom. The van der Waals surface area contributed by atoms with Crippen LogP contribution in [0.15, 0.2) is 12.7 Å². The van der Waals surface area contributed by atoms with E-state index >= 15 is 0 Å². The molecule has 12 heavy (non-hydrogen) atoms. The van der Waals surface area contributed by atoms with Gasteiger partial charge in [0.1, 0.15) is 0 Å². The average Bonchev–Trinajstić information content (AvgIpc) is 1.94. The summed E-state index contributed by atoms with van der Waals surface area (Å²) in [5, 5.41) is 11.6. The van der Waals surface area contributed by atoms with Crippen LogP contribution in [0.5, 0.6) is 0 Å². The second-order valence-electron chi connectivity index (χ2n) is 3.28. The van der Waals surface area contributed by atoms with E-state index in [4.69, 9.17) is 5.11 Å². The summed E-state index contributed by atoms with van der Waals surface area (Å²) in [6, 6.07) is 0. The number of rotatable bonds is 5. The molecule has 0 aromatic rings. The van der Waals surface area contributed by atoms with Crippen molar-refractivity contribution in [2.75, 3.05) is 6.54 Å². The second kappa shape index (κ2) is 3.72. The zero-order valence-electron chi connectivity index (χ0n) is 7.18. The summed E-state index contributed by atoms with van der Waals surface area (Å²) < 4.78 is 0. The summed E-state index contributed by atoms with van der Waals surface area (Å²) in [4.78, 5) is 10.2. The Kier molecular flexibility index (Phi) is 2.87. The third kappa shape index (κ3) is 2.08. The molecule has 0 spiro atoms. The molecule has 2 N–H and O–H groups in total. The van der Waals surface area contributed by atoms with Gasteiger partial charge in [-0.25, -0.2) is 0 Å². The molecule has 0 bridgehead atoms. The van der Waals surface area contributed by atoms with Crippen LogP contribution in [0.4, 0.5) is 0 Å². The number of aliphatic carboxylic acids is 1. The fourth-order valence-electron chi connectivity index (χ4n) is 1.43. The Hall–Kier alpha value is -0.830. The lowest BCUT2D eigenvalue weighted by Gasteiger charge is -2.40. The number of hydrogen-bond donors (Lipinski definition) is 2. The minimum absolute atomic E-state index is 0.0510. The molecule has 0 amide bonds. The van der Waals surface area contributed by atoms with Crippen LogP contribution in [0.3, 0.4) is 0 Å². The van der Waals surface area contributed by atoms with Crippen molar-refractivity contribution in [3.63, 3.8) is 0 Å². The number of hydrogen-bond acceptors (Lipinski definition) is 2. The van der Waals surface area contributed by atoms with E-state index in [-0.39, 0.29) is 12.0 Å². The molecular formula is C9H15NO2. The van der Waals surface area contributed by atoms with Gasteiger partial charge in [0, 0.05) is 12.1 Å². The lowest BCUT2D eigenvalue weighted by Crippen LogP contribution is -2.49. The van der Waals surface area contributed by atoms with E-state index in [1.165, 1.54) is 6.42 Å². The molecule has 0 radical (unpaired) electrons. The monoisotopic (exact) mass is 169 g/mol. The Morgan fingerprint density at radius 3 is 2.67 bits per heavy atom. The highest BCUT2D eigenvalue weighted by molar-refractivity contribution is 5.66. The van der Waals surface area contributed by atoms with Crippen LogP contribution in [-0.2, 0) is 4.79 Å². The lowest BCUT2D eigenvalue weighted by atomic mass is 9.77. The molecule has 0 aromatic heterocycles. The average molecular weight is 169 g/mol. The minimum atomic E-state index is -0.749. The van der Waals surface area contributed by atoms with E-state index in [9.17, 15) is 4.79 Å². The van der Waals surface area contributed by atoms with Gasteiger partial charge < -0.3 is 10.4 Å². The number of carboxylic acids is 1. The smallest absolute Gasteiger partial charge is 0.304 e. The first-order chi connectivity index (χ1) is 5.68. The highest BCUT2D eigenvalue weighted by Crippen LogP contribution is 2.32. The molecule has 3 nitrogen and oxygen atoms in total. The first-order valence-electron chi connectivity index (χ1n) is 4.29. The standard InChI is InChI=1S/C9H15NO2/c1-2-9(5-3-6-9)10-7-4-8(11)12/h2,10H,1,3-7H2,(H,11,12). The molecule has 0 heterocycles. The van der Waals surface area contributed by atoms with Gasteiger partial charge in [-0.05, 0) is 19.3 Å². The summed E-state index contributed by atoms with van der Waals surface area (Å²) in [5.41, 5.74) is 0.0510. The van der Waals surface area contributed by atoms with Gasteiger partial charge in [-0.1, -0.05) is 6.08 Å². The summed E-state index contributed by atoms with van der Waals surface area (Å²) in [5.74, 6) is -0.749. The van der Waals surface area contributed by atoms with Gasteiger partial charge >= 0.3 is 5.97 Å². The SMILES string of the molecule is C=CC1(NCCC(=O)O)CCC1. The summed E-state index contributed by atoms with van der Waals surface area (Å²) in [6.07, 6.45) is 5.49. The molecule has 1 aliphatic rings. The molecule has 1 rings (SSSR count). The highest BCUT2D eigenvalue weighted by Gasteiger charge is 2.32. The largest absolute Gasteiger partial charge is 0.481 e. The third-order valence-electron chi connectivity index (χ3n) is 2.45. The fourth-order valence-corrected chi connectivity index (χ4v) is 1.43. The molecule has 0 aromatic carbocycles. The fraction of sp³-hybridized carbons (Fsp3) is 0.667. The minimum Gasteiger partial charge on any atom is -0.481 e. The Bertz CT molecular complexity index is 185. The van der Waals surface area contributed by atoms with E-state index in [1.54, 1.807) is 0 Å². The van der Waals surface area contributed by atoms with Crippen LogP contribution in [0.2, 0.25) is 0 Å². The van der Waals surface area contributed by atoms with Crippen molar-refractivity contribution in [3.05, 3.63) is 12.7 Å². The summed E-state index contributed by atoms with van der Waals surface area (Å²) >= 11 is 0. The maximum Gasteiger partial charge on any atom is 0.304 e. The van der Waals surface area contributed by atoms with Gasteiger partial charge in [-0.2, -0.15) is 0 Å². The maximum atomic E-state index is 10.2. The van der Waals surface area contributed by atoms with E-state index < -0.39 is 5.97 Å². The number of nitrogens with one attached hydrogen (secondary N) is 1. The van der Waals surface area contributed by atoms with Crippen LogP contribution < -0.4 is 5.32 Å². The van der Waals surface area contributed by atoms with Crippen molar-refractivity contribution >= 4 is 5.97 Å². The van der Waals surface area contributed by atoms with Crippen LogP contribution in [0.25, 0.3) is 0 Å². The zero-order chi connectivity index (χ0) is 9.03. The van der Waals surface area contributed by atoms with Crippen LogP contribution in [-0.4, -0.2) is 23.2 Å². The van der Waals surface area contributed by atoms with Gasteiger partial charge in [0.05, 0.1) is 6.42 Å². The highest BCUT2D eigenvalue weighted by atomic mass is 16.4. The summed E-state index contributed by atoms with van der Waals surface area (Å²) in [6.45, 7) is 4.29. The Labute approximate surface area is 72.5 Å². The van der Waals surface area contributed by atoms with E-state index in [0.717, 1.165) is 12.8 Å². The predicted molar refractivity (Wildman–Crippen MR) is 47.0 cm³/mol. The molecule has 0 aliphatic heterocycles. The van der Waals surface area contributed by atoms with Crippen LogP contribution in [0, 0.1) is 0 Å². The van der Waals surface area contributed by atoms with E-state index in [0.29, 0.717) is 6.54 Å². The van der Waals surface area contributed by atoms with Crippen molar-refractivity contribution in [1.29, 1.82) is 0 Å². The molecule has 0 atom stereocenters. The van der Waals surface area contributed by atoms with Crippen molar-refractivity contribution in [3.8, 4) is 0 Å². The Morgan fingerprint density at radius 1 is 1.67 bits per heavy atom. The van der Waals surface area contributed by atoms with Crippen LogP contribution in [0.1, 0.15) is 25.7 Å². The number of carbonyl (C=O) groups is 1. The predicted octanol–water partition coefficient (Wildman–Crippen LogP) is 1.16. The Balaban J connectivity index is 2.20. The first kappa shape index (κ1) is 9.26. The quantitative estimate of drug-likeness (QED) is 0.607. The molecule has 3 heteroatoms. The van der Waals surface area contributed by atoms with E-state index in [2.05, 4.69) is 11.9 Å². The normalized spacial score (nSPS) is 19.7. The van der Waals surface area contributed by atoms with Gasteiger partial charge in [0.25, 0.3) is 0 Å². The van der Waals surface area contributed by atoms with Gasteiger partial charge in [-0.15, -0.1) is 6.58 Å². The second-order valence-corrected chi connectivity index (χ2v) is 3.28.